The number of amides is 1. The summed E-state index contributed by atoms with van der Waals surface area (Å²) in [5, 5.41) is 8.31. The zero-order chi connectivity index (χ0) is 21.3. The molecule has 6 nitrogen and oxygen atoms in total. The third kappa shape index (κ3) is 4.14. The first kappa shape index (κ1) is 20.3. The molecule has 156 valence electrons. The van der Waals surface area contributed by atoms with Gasteiger partial charge in [0.05, 0.1) is 17.8 Å². The highest BCUT2D eigenvalue weighted by molar-refractivity contribution is 6.31. The lowest BCUT2D eigenvalue weighted by molar-refractivity contribution is -0.120. The Balaban J connectivity index is 1.38. The predicted molar refractivity (Wildman–Crippen MR) is 116 cm³/mol. The molecule has 0 saturated carbocycles. The van der Waals surface area contributed by atoms with E-state index in [1.807, 2.05) is 61.9 Å². The van der Waals surface area contributed by atoms with Crippen LogP contribution in [0, 0.1) is 20.8 Å². The van der Waals surface area contributed by atoms with E-state index in [1.54, 1.807) is 0 Å². The first-order chi connectivity index (χ1) is 14.4. The number of fused-ring (bicyclic) bond motifs is 1. The van der Waals surface area contributed by atoms with Gasteiger partial charge in [0.15, 0.2) is 11.5 Å². The van der Waals surface area contributed by atoms with Gasteiger partial charge in [-0.3, -0.25) is 4.79 Å². The zero-order valence-corrected chi connectivity index (χ0v) is 18.0. The number of hydrogen-bond acceptors (Lipinski definition) is 4. The maximum absolute atomic E-state index is 12.5. The molecule has 2 aromatic carbocycles. The van der Waals surface area contributed by atoms with Gasteiger partial charge in [0.25, 0.3) is 0 Å². The fourth-order valence-electron chi connectivity index (χ4n) is 3.56. The average Bonchev–Trinajstić information content (AvgIpc) is 3.29. The van der Waals surface area contributed by atoms with Crippen LogP contribution in [0.25, 0.3) is 5.69 Å². The van der Waals surface area contributed by atoms with Crippen LogP contribution in [-0.2, 0) is 17.6 Å². The van der Waals surface area contributed by atoms with Gasteiger partial charge >= 0.3 is 0 Å². The van der Waals surface area contributed by atoms with E-state index in [4.69, 9.17) is 21.1 Å². The summed E-state index contributed by atoms with van der Waals surface area (Å²) in [6.07, 6.45) is 1.01. The molecule has 1 aliphatic rings. The molecular weight excluding hydrogens is 402 g/mol. The van der Waals surface area contributed by atoms with Crippen molar-refractivity contribution in [3.8, 4) is 17.2 Å². The van der Waals surface area contributed by atoms with Crippen molar-refractivity contribution >= 4 is 17.5 Å². The van der Waals surface area contributed by atoms with Crippen LogP contribution in [-0.4, -0.2) is 29.0 Å². The first-order valence-electron chi connectivity index (χ1n) is 9.89. The quantitative estimate of drug-likeness (QED) is 0.646. The molecular formula is C23H24ClN3O3. The summed E-state index contributed by atoms with van der Waals surface area (Å²) in [5.74, 6) is 1.50. The van der Waals surface area contributed by atoms with E-state index in [0.717, 1.165) is 51.7 Å². The summed E-state index contributed by atoms with van der Waals surface area (Å²) < 4.78 is 12.6. The molecule has 0 saturated heterocycles. The number of nitrogens with one attached hydrogen (secondary N) is 1. The van der Waals surface area contributed by atoms with Gasteiger partial charge < -0.3 is 14.8 Å². The lowest BCUT2D eigenvalue weighted by atomic mass is 10.1. The Kier molecular flexibility index (Phi) is 5.68. The first-order valence-corrected chi connectivity index (χ1v) is 10.3. The standard InChI is InChI=1S/C23H24ClN3O3/c1-14-4-6-18(11-20(14)24)27-16(3)19(15(2)26-27)12-23(28)25-9-8-17-5-7-21-22(10-17)30-13-29-21/h4-7,10-11H,8-9,12-13H2,1-3H3,(H,25,28). The third-order valence-electron chi connectivity index (χ3n) is 5.35. The minimum Gasteiger partial charge on any atom is -0.454 e. The third-order valence-corrected chi connectivity index (χ3v) is 5.76. The lowest BCUT2D eigenvalue weighted by Crippen LogP contribution is -2.27. The van der Waals surface area contributed by atoms with E-state index in [2.05, 4.69) is 10.4 Å². The molecule has 30 heavy (non-hydrogen) atoms. The second-order valence-corrected chi connectivity index (χ2v) is 7.87. The van der Waals surface area contributed by atoms with E-state index in [1.165, 1.54) is 0 Å². The molecule has 0 aliphatic carbocycles. The monoisotopic (exact) mass is 425 g/mol. The second kappa shape index (κ2) is 8.40. The number of halogens is 1. The maximum atomic E-state index is 12.5. The summed E-state index contributed by atoms with van der Waals surface area (Å²) in [6, 6.07) is 11.7. The smallest absolute Gasteiger partial charge is 0.231 e. The van der Waals surface area contributed by atoms with Gasteiger partial charge in [0.2, 0.25) is 12.7 Å². The molecule has 0 atom stereocenters. The summed E-state index contributed by atoms with van der Waals surface area (Å²) in [6.45, 7) is 6.68. The number of aryl methyl sites for hydroxylation is 2. The molecule has 2 heterocycles. The van der Waals surface area contributed by atoms with Crippen LogP contribution in [0.4, 0.5) is 0 Å². The number of nitrogens with zero attached hydrogens (tertiary/aromatic N) is 2. The number of rotatable bonds is 6. The van der Waals surface area contributed by atoms with E-state index < -0.39 is 0 Å². The molecule has 0 radical (unpaired) electrons. The summed E-state index contributed by atoms with van der Waals surface area (Å²) in [4.78, 5) is 12.5. The van der Waals surface area contributed by atoms with Gasteiger partial charge in [-0.05, 0) is 62.6 Å². The van der Waals surface area contributed by atoms with Gasteiger partial charge in [0, 0.05) is 22.8 Å². The molecule has 0 bridgehead atoms. The molecule has 0 spiro atoms. The largest absolute Gasteiger partial charge is 0.454 e. The Morgan fingerprint density at radius 3 is 2.73 bits per heavy atom. The number of benzene rings is 2. The van der Waals surface area contributed by atoms with Gasteiger partial charge in [-0.2, -0.15) is 5.10 Å². The minimum atomic E-state index is -0.0246. The van der Waals surface area contributed by atoms with E-state index in [9.17, 15) is 4.79 Å². The highest BCUT2D eigenvalue weighted by Gasteiger charge is 2.17. The molecule has 1 aromatic heterocycles. The normalized spacial score (nSPS) is 12.3. The van der Waals surface area contributed by atoms with Crippen molar-refractivity contribution in [1.29, 1.82) is 0 Å². The van der Waals surface area contributed by atoms with Crippen LogP contribution in [0.1, 0.15) is 28.1 Å². The number of carbonyl (C=O) groups is 1. The fraction of sp³-hybridized carbons (Fsp3) is 0.304. The average molecular weight is 426 g/mol. The Labute approximate surface area is 180 Å². The number of carbonyl (C=O) groups excluding carboxylic acids is 1. The zero-order valence-electron chi connectivity index (χ0n) is 17.3. The van der Waals surface area contributed by atoms with Gasteiger partial charge in [-0.25, -0.2) is 4.68 Å². The second-order valence-electron chi connectivity index (χ2n) is 7.46. The molecule has 0 fully saturated rings. The van der Waals surface area contributed by atoms with Crippen molar-refractivity contribution in [2.75, 3.05) is 13.3 Å². The SMILES string of the molecule is Cc1ccc(-n2nc(C)c(CC(=O)NCCc3ccc4c(c3)OCO4)c2C)cc1Cl. The lowest BCUT2D eigenvalue weighted by Gasteiger charge is -2.08. The van der Waals surface area contributed by atoms with Gasteiger partial charge in [0.1, 0.15) is 0 Å². The van der Waals surface area contributed by atoms with Crippen molar-refractivity contribution in [3.05, 3.63) is 69.5 Å². The van der Waals surface area contributed by atoms with Crippen LogP contribution >= 0.6 is 11.6 Å². The van der Waals surface area contributed by atoms with Crippen LogP contribution < -0.4 is 14.8 Å². The highest BCUT2D eigenvalue weighted by atomic mass is 35.5. The van der Waals surface area contributed by atoms with Crippen molar-refractivity contribution in [3.63, 3.8) is 0 Å². The molecule has 7 heteroatoms. The Morgan fingerprint density at radius 1 is 1.13 bits per heavy atom. The number of ether oxygens (including phenoxy) is 2. The van der Waals surface area contributed by atoms with E-state index in [-0.39, 0.29) is 12.7 Å². The summed E-state index contributed by atoms with van der Waals surface area (Å²) in [5.41, 5.74) is 5.72. The molecule has 1 N–H and O–H groups in total. The summed E-state index contributed by atoms with van der Waals surface area (Å²) in [7, 11) is 0. The maximum Gasteiger partial charge on any atom is 0.231 e. The molecule has 1 amide bonds. The molecule has 0 unspecified atom stereocenters. The van der Waals surface area contributed by atoms with E-state index in [0.29, 0.717) is 18.0 Å². The molecule has 3 aromatic rings. The number of aromatic nitrogens is 2. The summed E-state index contributed by atoms with van der Waals surface area (Å²) >= 11 is 6.27. The predicted octanol–water partition coefficient (Wildman–Crippen LogP) is 4.08. The van der Waals surface area contributed by atoms with Crippen molar-refractivity contribution < 1.29 is 14.3 Å². The van der Waals surface area contributed by atoms with Gasteiger partial charge in [-0.1, -0.05) is 23.7 Å². The Hall–Kier alpha value is -2.99. The highest BCUT2D eigenvalue weighted by Crippen LogP contribution is 2.32. The van der Waals surface area contributed by atoms with Crippen LogP contribution in [0.15, 0.2) is 36.4 Å². The van der Waals surface area contributed by atoms with Crippen LogP contribution in [0.2, 0.25) is 5.02 Å². The fourth-order valence-corrected chi connectivity index (χ4v) is 3.74. The van der Waals surface area contributed by atoms with Crippen LogP contribution in [0.3, 0.4) is 0 Å². The topological polar surface area (TPSA) is 65.4 Å². The van der Waals surface area contributed by atoms with Crippen molar-refractivity contribution in [1.82, 2.24) is 15.1 Å². The Bertz CT molecular complexity index is 1110. The van der Waals surface area contributed by atoms with Crippen LogP contribution in [0.5, 0.6) is 11.5 Å². The molecule has 1 aliphatic heterocycles. The molecule has 4 rings (SSSR count). The van der Waals surface area contributed by atoms with E-state index >= 15 is 0 Å². The van der Waals surface area contributed by atoms with Gasteiger partial charge in [-0.15, -0.1) is 0 Å². The van der Waals surface area contributed by atoms with Crippen molar-refractivity contribution in [2.24, 2.45) is 0 Å². The minimum absolute atomic E-state index is 0.0246. The number of hydrogen-bond donors (Lipinski definition) is 1. The van der Waals surface area contributed by atoms with Crippen molar-refractivity contribution in [2.45, 2.75) is 33.6 Å². The Morgan fingerprint density at radius 2 is 1.93 bits per heavy atom.